The molecule has 0 aliphatic carbocycles. The highest BCUT2D eigenvalue weighted by atomic mass is 16.3. The predicted octanol–water partition coefficient (Wildman–Crippen LogP) is 2.08. The van der Waals surface area contributed by atoms with E-state index in [0.717, 1.165) is 6.08 Å². The van der Waals surface area contributed by atoms with Crippen molar-refractivity contribution in [3.05, 3.63) is 35.4 Å². The lowest BCUT2D eigenvalue weighted by molar-refractivity contribution is 0.104. The first-order chi connectivity index (χ1) is 6.49. The number of hydrogen-bond donors (Lipinski definition) is 2. The number of hydrogen-bond acceptors (Lipinski definition) is 3. The molecular formula is C11H12O3. The summed E-state index contributed by atoms with van der Waals surface area (Å²) in [6.45, 7) is 6.56. The number of aryl methyl sites for hydroxylation is 1. The maximum Gasteiger partial charge on any atom is 0.188 e. The van der Waals surface area contributed by atoms with E-state index < -0.39 is 0 Å². The van der Waals surface area contributed by atoms with Crippen LogP contribution in [0.25, 0.3) is 0 Å². The van der Waals surface area contributed by atoms with Gasteiger partial charge in [0.25, 0.3) is 0 Å². The van der Waals surface area contributed by atoms with E-state index in [0.29, 0.717) is 11.1 Å². The van der Waals surface area contributed by atoms with Gasteiger partial charge in [0.2, 0.25) is 0 Å². The van der Waals surface area contributed by atoms with Crippen molar-refractivity contribution in [3.63, 3.8) is 0 Å². The molecule has 0 saturated heterocycles. The minimum Gasteiger partial charge on any atom is -0.507 e. The fourth-order valence-corrected chi connectivity index (χ4v) is 1.26. The van der Waals surface area contributed by atoms with Crippen molar-refractivity contribution in [2.75, 3.05) is 0 Å². The van der Waals surface area contributed by atoms with Gasteiger partial charge in [-0.05, 0) is 31.6 Å². The Balaban J connectivity index is 3.47. The van der Waals surface area contributed by atoms with Gasteiger partial charge in [-0.3, -0.25) is 4.79 Å². The molecule has 0 atom stereocenters. The summed E-state index contributed by atoms with van der Waals surface area (Å²) in [6, 6.07) is 1.45. The number of benzene rings is 1. The van der Waals surface area contributed by atoms with Crippen LogP contribution in [0.15, 0.2) is 18.7 Å². The van der Waals surface area contributed by atoms with Crippen LogP contribution in [0.1, 0.15) is 21.5 Å². The number of phenols is 2. The van der Waals surface area contributed by atoms with E-state index in [1.54, 1.807) is 13.8 Å². The van der Waals surface area contributed by atoms with Gasteiger partial charge in [0, 0.05) is 5.56 Å². The Morgan fingerprint density at radius 1 is 1.36 bits per heavy atom. The van der Waals surface area contributed by atoms with Gasteiger partial charge in [-0.25, -0.2) is 0 Å². The summed E-state index contributed by atoms with van der Waals surface area (Å²) < 4.78 is 0. The fourth-order valence-electron chi connectivity index (χ4n) is 1.26. The Morgan fingerprint density at radius 2 is 1.93 bits per heavy atom. The monoisotopic (exact) mass is 192 g/mol. The number of phenolic OH excluding ortho intramolecular Hbond substituents is 2. The second-order valence-electron chi connectivity index (χ2n) is 3.13. The maximum absolute atomic E-state index is 11.3. The number of rotatable bonds is 2. The first-order valence-electron chi connectivity index (χ1n) is 4.18. The van der Waals surface area contributed by atoms with Gasteiger partial charge in [-0.1, -0.05) is 6.58 Å². The summed E-state index contributed by atoms with van der Waals surface area (Å²) in [4.78, 5) is 11.3. The van der Waals surface area contributed by atoms with Gasteiger partial charge in [-0.2, -0.15) is 0 Å². The van der Waals surface area contributed by atoms with Gasteiger partial charge in [0.1, 0.15) is 11.5 Å². The summed E-state index contributed by atoms with van der Waals surface area (Å²) in [5, 5.41) is 19.0. The van der Waals surface area contributed by atoms with Crippen LogP contribution < -0.4 is 0 Å². The van der Waals surface area contributed by atoms with Crippen molar-refractivity contribution >= 4 is 5.78 Å². The van der Waals surface area contributed by atoms with Gasteiger partial charge in [0.15, 0.2) is 5.78 Å². The smallest absolute Gasteiger partial charge is 0.188 e. The molecule has 1 aromatic rings. The molecule has 0 heterocycles. The summed E-state index contributed by atoms with van der Waals surface area (Å²) >= 11 is 0. The van der Waals surface area contributed by atoms with Crippen LogP contribution in [-0.2, 0) is 0 Å². The third kappa shape index (κ3) is 1.48. The molecule has 0 radical (unpaired) electrons. The summed E-state index contributed by atoms with van der Waals surface area (Å²) in [6.07, 6.45) is 1.13. The van der Waals surface area contributed by atoms with Crippen molar-refractivity contribution in [2.24, 2.45) is 0 Å². The van der Waals surface area contributed by atoms with Crippen LogP contribution >= 0.6 is 0 Å². The largest absolute Gasteiger partial charge is 0.507 e. The van der Waals surface area contributed by atoms with Crippen LogP contribution in [-0.4, -0.2) is 16.0 Å². The molecule has 0 fully saturated rings. The van der Waals surface area contributed by atoms with E-state index >= 15 is 0 Å². The molecule has 0 aromatic heterocycles. The maximum atomic E-state index is 11.3. The Hall–Kier alpha value is -1.77. The molecular weight excluding hydrogens is 180 g/mol. The quantitative estimate of drug-likeness (QED) is 0.557. The Bertz CT molecular complexity index is 405. The fraction of sp³-hybridized carbons (Fsp3) is 0.182. The van der Waals surface area contributed by atoms with Crippen molar-refractivity contribution < 1.29 is 15.0 Å². The van der Waals surface area contributed by atoms with Gasteiger partial charge in [0.05, 0.1) is 5.56 Å². The van der Waals surface area contributed by atoms with E-state index in [2.05, 4.69) is 6.58 Å². The third-order valence-electron chi connectivity index (χ3n) is 2.15. The zero-order chi connectivity index (χ0) is 10.9. The van der Waals surface area contributed by atoms with Crippen molar-refractivity contribution in [3.8, 4) is 11.5 Å². The van der Waals surface area contributed by atoms with Crippen molar-refractivity contribution in [1.29, 1.82) is 0 Å². The lowest BCUT2D eigenvalue weighted by Gasteiger charge is -2.09. The molecule has 0 aliphatic heterocycles. The molecule has 14 heavy (non-hydrogen) atoms. The lowest BCUT2D eigenvalue weighted by Crippen LogP contribution is -1.97. The van der Waals surface area contributed by atoms with E-state index in [9.17, 15) is 15.0 Å². The number of aromatic hydroxyl groups is 2. The average Bonchev–Trinajstić information content (AvgIpc) is 2.19. The molecule has 0 bridgehead atoms. The number of allylic oxidation sites excluding steroid dienone is 1. The SMILES string of the molecule is C=CC(=O)c1cc(C)c(O)c(C)c1O. The van der Waals surface area contributed by atoms with E-state index in [4.69, 9.17) is 0 Å². The number of ketones is 1. The zero-order valence-electron chi connectivity index (χ0n) is 8.16. The lowest BCUT2D eigenvalue weighted by atomic mass is 10.0. The normalized spacial score (nSPS) is 9.86. The van der Waals surface area contributed by atoms with Crippen molar-refractivity contribution in [2.45, 2.75) is 13.8 Å². The van der Waals surface area contributed by atoms with Gasteiger partial charge >= 0.3 is 0 Å². The first kappa shape index (κ1) is 10.3. The zero-order valence-corrected chi connectivity index (χ0v) is 8.16. The number of carbonyl (C=O) groups excluding carboxylic acids is 1. The van der Waals surface area contributed by atoms with Crippen LogP contribution in [0.2, 0.25) is 0 Å². The van der Waals surface area contributed by atoms with Crippen LogP contribution in [0, 0.1) is 13.8 Å². The highest BCUT2D eigenvalue weighted by Crippen LogP contribution is 2.33. The Labute approximate surface area is 82.3 Å². The van der Waals surface area contributed by atoms with Crippen LogP contribution in [0.4, 0.5) is 0 Å². The van der Waals surface area contributed by atoms with Crippen LogP contribution in [0.3, 0.4) is 0 Å². The first-order valence-corrected chi connectivity index (χ1v) is 4.18. The topological polar surface area (TPSA) is 57.5 Å². The second kappa shape index (κ2) is 3.54. The molecule has 0 saturated carbocycles. The number of carbonyl (C=O) groups is 1. The van der Waals surface area contributed by atoms with E-state index in [1.807, 2.05) is 0 Å². The summed E-state index contributed by atoms with van der Waals surface area (Å²) in [5.74, 6) is -0.519. The molecule has 0 spiro atoms. The molecule has 1 aromatic carbocycles. The van der Waals surface area contributed by atoms with Crippen LogP contribution in [0.5, 0.6) is 11.5 Å². The van der Waals surface area contributed by atoms with E-state index in [1.165, 1.54) is 6.07 Å². The second-order valence-corrected chi connectivity index (χ2v) is 3.13. The molecule has 1 rings (SSSR count). The summed E-state index contributed by atoms with van der Waals surface area (Å²) in [7, 11) is 0. The minimum atomic E-state index is -0.353. The minimum absolute atomic E-state index is 0.0168. The molecule has 3 heteroatoms. The molecule has 74 valence electrons. The van der Waals surface area contributed by atoms with Crippen molar-refractivity contribution in [1.82, 2.24) is 0 Å². The molecule has 0 amide bonds. The molecule has 3 nitrogen and oxygen atoms in total. The highest BCUT2D eigenvalue weighted by Gasteiger charge is 2.14. The van der Waals surface area contributed by atoms with E-state index in [-0.39, 0.29) is 22.8 Å². The Kier molecular flexibility index (Phi) is 2.60. The standard InChI is InChI=1S/C11H12O3/c1-4-9(12)8-5-6(2)10(13)7(3)11(8)14/h4-5,13-14H,1H2,2-3H3. The molecule has 0 aliphatic rings. The average molecular weight is 192 g/mol. The highest BCUT2D eigenvalue weighted by molar-refractivity contribution is 6.06. The summed E-state index contributed by atoms with van der Waals surface area (Å²) in [5.41, 5.74) is 1.05. The molecule has 0 unspecified atom stereocenters. The Morgan fingerprint density at radius 3 is 2.43 bits per heavy atom. The molecule has 2 N–H and O–H groups in total. The predicted molar refractivity (Wildman–Crippen MR) is 53.8 cm³/mol. The third-order valence-corrected chi connectivity index (χ3v) is 2.15. The van der Waals surface area contributed by atoms with Gasteiger partial charge in [-0.15, -0.1) is 0 Å². The van der Waals surface area contributed by atoms with Gasteiger partial charge < -0.3 is 10.2 Å².